The summed E-state index contributed by atoms with van der Waals surface area (Å²) in [6.45, 7) is 1.60. The van der Waals surface area contributed by atoms with Gasteiger partial charge in [-0.15, -0.1) is 0 Å². The van der Waals surface area contributed by atoms with Crippen LogP contribution in [0.25, 0.3) is 0 Å². The van der Waals surface area contributed by atoms with Crippen LogP contribution in [0.1, 0.15) is 26.2 Å². The van der Waals surface area contributed by atoms with E-state index >= 15 is 0 Å². The highest BCUT2D eigenvalue weighted by atomic mass is 16.4. The fourth-order valence-electron chi connectivity index (χ4n) is 0.259. The van der Waals surface area contributed by atoms with Crippen LogP contribution in [0.15, 0.2) is 0 Å². The minimum absolute atomic E-state index is 0.222. The van der Waals surface area contributed by atoms with Gasteiger partial charge in [0.1, 0.15) is 12.8 Å². The summed E-state index contributed by atoms with van der Waals surface area (Å²) in [4.78, 5) is 47.1. The van der Waals surface area contributed by atoms with E-state index in [1.165, 1.54) is 0 Å². The summed E-state index contributed by atoms with van der Waals surface area (Å²) in [6.07, 6.45) is -1.39. The van der Waals surface area contributed by atoms with Gasteiger partial charge < -0.3 is 25.5 Å². The topological polar surface area (TPSA) is 186 Å². The summed E-state index contributed by atoms with van der Waals surface area (Å²) in [7, 11) is 0. The molecule has 10 nitrogen and oxygen atoms in total. The molecule has 0 aliphatic carbocycles. The number of rotatable bonds is 5. The van der Waals surface area contributed by atoms with Gasteiger partial charge in [-0.25, -0.2) is 0 Å². The summed E-state index contributed by atoms with van der Waals surface area (Å²) in [5.41, 5.74) is 0. The first-order chi connectivity index (χ1) is 8.52. The van der Waals surface area contributed by atoms with Crippen LogP contribution in [0, 0.1) is 0 Å². The highest BCUT2D eigenvalue weighted by molar-refractivity contribution is 5.89. The third-order valence-electron chi connectivity index (χ3n) is 0.907. The molecule has 19 heavy (non-hydrogen) atoms. The minimum atomic E-state index is -1.31. The maximum absolute atomic E-state index is 9.43. The van der Waals surface area contributed by atoms with Crippen LogP contribution >= 0.6 is 0 Å². The zero-order valence-electron chi connectivity index (χ0n) is 9.90. The molecule has 0 heterocycles. The van der Waals surface area contributed by atoms with E-state index in [-0.39, 0.29) is 6.42 Å². The molecular formula is C9H14O10. The van der Waals surface area contributed by atoms with Gasteiger partial charge in [0.15, 0.2) is 0 Å². The van der Waals surface area contributed by atoms with E-state index in [0.717, 1.165) is 0 Å². The predicted octanol–water partition coefficient (Wildman–Crippen LogP) is -0.428. The van der Waals surface area contributed by atoms with Crippen molar-refractivity contribution in [3.05, 3.63) is 0 Å². The standard InChI is InChI=1S/2C3H4O4.C3H6O2/c2*4-2(5)1-3(6)7;1-2-3(4)5/h2*1H2,(H,4,5)(H,6,7);2H2,1H3,(H,4,5). The van der Waals surface area contributed by atoms with Crippen molar-refractivity contribution in [1.82, 2.24) is 0 Å². The van der Waals surface area contributed by atoms with Crippen molar-refractivity contribution in [1.29, 1.82) is 0 Å². The molecule has 0 amide bonds. The van der Waals surface area contributed by atoms with Gasteiger partial charge in [-0.05, 0) is 0 Å². The molecule has 0 rings (SSSR count). The maximum Gasteiger partial charge on any atom is 0.314 e. The fourth-order valence-corrected chi connectivity index (χ4v) is 0.259. The second kappa shape index (κ2) is 13.4. The van der Waals surface area contributed by atoms with Crippen LogP contribution in [0.4, 0.5) is 0 Å². The first kappa shape index (κ1) is 21.6. The Bertz CT molecular complexity index is 282. The van der Waals surface area contributed by atoms with Crippen molar-refractivity contribution in [2.24, 2.45) is 0 Å². The molecule has 0 radical (unpaired) electrons. The largest absolute Gasteiger partial charge is 0.481 e. The fraction of sp³-hybridized carbons (Fsp3) is 0.444. The van der Waals surface area contributed by atoms with Crippen LogP contribution in [-0.4, -0.2) is 55.4 Å². The molecule has 0 aromatic carbocycles. The molecular weight excluding hydrogens is 268 g/mol. The van der Waals surface area contributed by atoms with Crippen molar-refractivity contribution in [2.45, 2.75) is 26.2 Å². The molecule has 0 aliphatic heterocycles. The SMILES string of the molecule is CCC(=O)O.O=C(O)CC(=O)O.O=C(O)CC(=O)O. The number of hydrogen-bond acceptors (Lipinski definition) is 5. The Morgan fingerprint density at radius 3 is 0.737 bits per heavy atom. The van der Waals surface area contributed by atoms with Gasteiger partial charge in [0.25, 0.3) is 0 Å². The first-order valence-corrected chi connectivity index (χ1v) is 4.61. The van der Waals surface area contributed by atoms with Crippen LogP contribution in [0.5, 0.6) is 0 Å². The molecule has 0 saturated carbocycles. The number of hydrogen-bond donors (Lipinski definition) is 5. The maximum atomic E-state index is 9.43. The van der Waals surface area contributed by atoms with Crippen molar-refractivity contribution >= 4 is 29.8 Å². The van der Waals surface area contributed by atoms with E-state index in [4.69, 9.17) is 25.5 Å². The van der Waals surface area contributed by atoms with Crippen LogP contribution in [0.3, 0.4) is 0 Å². The van der Waals surface area contributed by atoms with E-state index < -0.39 is 42.7 Å². The van der Waals surface area contributed by atoms with Gasteiger partial charge in [-0.1, -0.05) is 6.92 Å². The molecule has 0 atom stereocenters. The van der Waals surface area contributed by atoms with E-state index in [0.29, 0.717) is 0 Å². The van der Waals surface area contributed by atoms with Crippen molar-refractivity contribution in [3.8, 4) is 0 Å². The highest BCUT2D eigenvalue weighted by Crippen LogP contribution is 1.75. The van der Waals surface area contributed by atoms with Crippen LogP contribution in [-0.2, 0) is 24.0 Å². The molecule has 0 fully saturated rings. The Balaban J connectivity index is -0.000000206. The van der Waals surface area contributed by atoms with E-state index in [1.54, 1.807) is 6.92 Å². The van der Waals surface area contributed by atoms with Gasteiger partial charge in [-0.2, -0.15) is 0 Å². The first-order valence-electron chi connectivity index (χ1n) is 4.61. The monoisotopic (exact) mass is 282 g/mol. The number of carbonyl (C=O) groups is 5. The third-order valence-corrected chi connectivity index (χ3v) is 0.907. The summed E-state index contributed by atoms with van der Waals surface area (Å²) in [6, 6.07) is 0. The molecule has 10 heteroatoms. The Hall–Kier alpha value is -2.65. The molecule has 0 spiro atoms. The average Bonchev–Trinajstić information content (AvgIpc) is 2.14. The minimum Gasteiger partial charge on any atom is -0.481 e. The molecule has 0 unspecified atom stereocenters. The highest BCUT2D eigenvalue weighted by Gasteiger charge is 2.02. The lowest BCUT2D eigenvalue weighted by atomic mass is 10.5. The lowest BCUT2D eigenvalue weighted by molar-refractivity contribution is -0.149. The molecule has 0 aromatic rings. The lowest BCUT2D eigenvalue weighted by Crippen LogP contribution is -2.03. The predicted molar refractivity (Wildman–Crippen MR) is 57.7 cm³/mol. The van der Waals surface area contributed by atoms with Gasteiger partial charge in [0, 0.05) is 6.42 Å². The number of aliphatic carboxylic acids is 5. The molecule has 0 saturated heterocycles. The smallest absolute Gasteiger partial charge is 0.314 e. The Labute approximate surface area is 106 Å². The number of carboxylic acids is 5. The van der Waals surface area contributed by atoms with Crippen molar-refractivity contribution in [2.75, 3.05) is 0 Å². The normalized spacial score (nSPS) is 7.84. The molecule has 0 bridgehead atoms. The Kier molecular flexibility index (Phi) is 15.3. The van der Waals surface area contributed by atoms with Gasteiger partial charge in [0.05, 0.1) is 0 Å². The summed E-state index contributed by atoms with van der Waals surface area (Å²) in [5.74, 6) is -6.00. The second-order valence-corrected chi connectivity index (χ2v) is 2.68. The average molecular weight is 282 g/mol. The van der Waals surface area contributed by atoms with Gasteiger partial charge in [-0.3, -0.25) is 24.0 Å². The van der Waals surface area contributed by atoms with Crippen molar-refractivity contribution < 1.29 is 49.5 Å². The Morgan fingerprint density at radius 2 is 0.737 bits per heavy atom. The Morgan fingerprint density at radius 1 is 0.579 bits per heavy atom. The zero-order chi connectivity index (χ0) is 16.0. The molecule has 5 N–H and O–H groups in total. The quantitative estimate of drug-likeness (QED) is 0.414. The second-order valence-electron chi connectivity index (χ2n) is 2.68. The van der Waals surface area contributed by atoms with Gasteiger partial charge >= 0.3 is 29.8 Å². The van der Waals surface area contributed by atoms with Crippen LogP contribution < -0.4 is 0 Å². The zero-order valence-corrected chi connectivity index (χ0v) is 9.90. The summed E-state index contributed by atoms with van der Waals surface area (Å²) >= 11 is 0. The lowest BCUT2D eigenvalue weighted by Gasteiger charge is -1.80. The molecule has 0 aromatic heterocycles. The molecule has 0 aliphatic rings. The van der Waals surface area contributed by atoms with E-state index in [1.807, 2.05) is 0 Å². The third kappa shape index (κ3) is 50.6. The van der Waals surface area contributed by atoms with E-state index in [2.05, 4.69) is 0 Å². The van der Waals surface area contributed by atoms with Gasteiger partial charge in [0.2, 0.25) is 0 Å². The number of carboxylic acid groups (broad SMARTS) is 5. The molecule has 110 valence electrons. The van der Waals surface area contributed by atoms with Crippen LogP contribution in [0.2, 0.25) is 0 Å². The summed E-state index contributed by atoms with van der Waals surface area (Å²) < 4.78 is 0. The van der Waals surface area contributed by atoms with E-state index in [9.17, 15) is 24.0 Å². The summed E-state index contributed by atoms with van der Waals surface area (Å²) in [5, 5.41) is 38.5. The van der Waals surface area contributed by atoms with Crippen molar-refractivity contribution in [3.63, 3.8) is 0 Å².